The first-order valence-corrected chi connectivity index (χ1v) is 4.93. The summed E-state index contributed by atoms with van der Waals surface area (Å²) in [6, 6.07) is 12.8. The van der Waals surface area contributed by atoms with Gasteiger partial charge in [0.05, 0.1) is 12.8 Å². The second-order valence-corrected chi connectivity index (χ2v) is 3.50. The average molecular weight is 252 g/mol. The number of rotatable bonds is 2. The Labute approximate surface area is 106 Å². The fourth-order valence-electron chi connectivity index (χ4n) is 1.51. The van der Waals surface area contributed by atoms with Crippen LogP contribution in [-0.4, -0.2) is 12.2 Å². The highest BCUT2D eigenvalue weighted by molar-refractivity contribution is 5.85. The van der Waals surface area contributed by atoms with Gasteiger partial charge in [0, 0.05) is 0 Å². The lowest BCUT2D eigenvalue weighted by Crippen LogP contribution is -1.86. The molecule has 0 fully saturated rings. The number of nitrogen functional groups attached to an aromatic ring is 1. The highest BCUT2D eigenvalue weighted by Crippen LogP contribution is 2.28. The summed E-state index contributed by atoms with van der Waals surface area (Å²) in [7, 11) is 1.63. The van der Waals surface area contributed by atoms with Gasteiger partial charge in [-0.05, 0) is 35.4 Å². The van der Waals surface area contributed by atoms with Gasteiger partial charge >= 0.3 is 0 Å². The normalized spacial score (nSPS) is 9.47. The lowest BCUT2D eigenvalue weighted by Gasteiger charge is -2.05. The Bertz CT molecular complexity index is 497. The Balaban J connectivity index is 0.00000144. The van der Waals surface area contributed by atoms with Gasteiger partial charge in [0.1, 0.15) is 11.5 Å². The number of phenols is 1. The molecule has 2 aromatic rings. The number of phenolic OH excluding ortho intramolecular Hbond substituents is 1. The molecule has 0 saturated carbocycles. The van der Waals surface area contributed by atoms with E-state index in [9.17, 15) is 5.11 Å². The van der Waals surface area contributed by atoms with E-state index in [2.05, 4.69) is 0 Å². The zero-order valence-electron chi connectivity index (χ0n) is 9.38. The SMILES string of the molecule is COc1ccc(-c2ccc(N)c(O)c2)cc1.Cl. The number of ether oxygens (including phenoxy) is 1. The second kappa shape index (κ2) is 5.46. The van der Waals surface area contributed by atoms with Crippen LogP contribution in [-0.2, 0) is 0 Å². The molecule has 4 heteroatoms. The van der Waals surface area contributed by atoms with Gasteiger partial charge < -0.3 is 15.6 Å². The standard InChI is InChI=1S/C13H13NO2.ClH/c1-16-11-5-2-9(3-6-11)10-4-7-12(14)13(15)8-10;/h2-8,15H,14H2,1H3;1H. The number of nitrogens with two attached hydrogens (primary N) is 1. The molecule has 0 spiro atoms. The molecule has 0 aliphatic rings. The molecule has 0 atom stereocenters. The van der Waals surface area contributed by atoms with Crippen molar-refractivity contribution in [2.75, 3.05) is 12.8 Å². The third kappa shape index (κ3) is 2.82. The van der Waals surface area contributed by atoms with Crippen LogP contribution in [0.25, 0.3) is 11.1 Å². The minimum Gasteiger partial charge on any atom is -0.506 e. The van der Waals surface area contributed by atoms with E-state index >= 15 is 0 Å². The maximum Gasteiger partial charge on any atom is 0.139 e. The molecule has 0 bridgehead atoms. The highest BCUT2D eigenvalue weighted by Gasteiger charge is 2.01. The summed E-state index contributed by atoms with van der Waals surface area (Å²) in [6.07, 6.45) is 0. The second-order valence-electron chi connectivity index (χ2n) is 3.50. The Morgan fingerprint density at radius 2 is 1.59 bits per heavy atom. The van der Waals surface area contributed by atoms with Crippen molar-refractivity contribution in [3.63, 3.8) is 0 Å². The third-order valence-corrected chi connectivity index (χ3v) is 2.45. The molecule has 2 aromatic carbocycles. The van der Waals surface area contributed by atoms with Crippen LogP contribution in [0.2, 0.25) is 0 Å². The van der Waals surface area contributed by atoms with Crippen LogP contribution in [0.3, 0.4) is 0 Å². The van der Waals surface area contributed by atoms with Gasteiger partial charge in [-0.15, -0.1) is 12.4 Å². The van der Waals surface area contributed by atoms with Gasteiger partial charge in [0.25, 0.3) is 0 Å². The largest absolute Gasteiger partial charge is 0.506 e. The van der Waals surface area contributed by atoms with E-state index in [-0.39, 0.29) is 18.2 Å². The van der Waals surface area contributed by atoms with Gasteiger partial charge in [-0.1, -0.05) is 18.2 Å². The van der Waals surface area contributed by atoms with E-state index in [1.54, 1.807) is 19.2 Å². The van der Waals surface area contributed by atoms with Crippen molar-refractivity contribution in [1.82, 2.24) is 0 Å². The number of halogens is 1. The molecule has 0 radical (unpaired) electrons. The van der Waals surface area contributed by atoms with Gasteiger partial charge in [-0.25, -0.2) is 0 Å². The van der Waals surface area contributed by atoms with E-state index in [0.717, 1.165) is 16.9 Å². The Hall–Kier alpha value is -1.87. The number of methoxy groups -OCH3 is 1. The first-order valence-electron chi connectivity index (χ1n) is 4.93. The summed E-state index contributed by atoms with van der Waals surface area (Å²) in [4.78, 5) is 0. The number of aromatic hydroxyl groups is 1. The number of anilines is 1. The molecular formula is C13H14ClNO2. The average Bonchev–Trinajstić information content (AvgIpc) is 2.33. The minimum absolute atomic E-state index is 0. The first kappa shape index (κ1) is 13.2. The summed E-state index contributed by atoms with van der Waals surface area (Å²) in [5.41, 5.74) is 7.86. The third-order valence-electron chi connectivity index (χ3n) is 2.45. The van der Waals surface area contributed by atoms with Gasteiger partial charge in [0.15, 0.2) is 0 Å². The van der Waals surface area contributed by atoms with Crippen molar-refractivity contribution in [1.29, 1.82) is 0 Å². The van der Waals surface area contributed by atoms with Crippen LogP contribution in [0.15, 0.2) is 42.5 Å². The van der Waals surface area contributed by atoms with E-state index in [4.69, 9.17) is 10.5 Å². The summed E-state index contributed by atoms with van der Waals surface area (Å²) in [5.74, 6) is 0.914. The molecule has 3 N–H and O–H groups in total. The van der Waals surface area contributed by atoms with Gasteiger partial charge in [-0.2, -0.15) is 0 Å². The van der Waals surface area contributed by atoms with Crippen LogP contribution in [0.1, 0.15) is 0 Å². The molecule has 0 aliphatic carbocycles. The number of hydrogen-bond donors (Lipinski definition) is 2. The van der Waals surface area contributed by atoms with Crippen LogP contribution in [0.4, 0.5) is 5.69 Å². The monoisotopic (exact) mass is 251 g/mol. The highest BCUT2D eigenvalue weighted by atomic mass is 35.5. The molecule has 0 aromatic heterocycles. The number of benzene rings is 2. The van der Waals surface area contributed by atoms with E-state index in [1.807, 2.05) is 30.3 Å². The van der Waals surface area contributed by atoms with E-state index in [0.29, 0.717) is 5.69 Å². The smallest absolute Gasteiger partial charge is 0.139 e. The van der Waals surface area contributed by atoms with Crippen LogP contribution < -0.4 is 10.5 Å². The quantitative estimate of drug-likeness (QED) is 0.637. The lowest BCUT2D eigenvalue weighted by atomic mass is 10.0. The molecule has 2 rings (SSSR count). The summed E-state index contributed by atoms with van der Waals surface area (Å²) >= 11 is 0. The van der Waals surface area contributed by atoms with Crippen molar-refractivity contribution in [3.05, 3.63) is 42.5 Å². The maximum absolute atomic E-state index is 9.51. The van der Waals surface area contributed by atoms with Crippen LogP contribution in [0, 0.1) is 0 Å². The zero-order valence-corrected chi connectivity index (χ0v) is 10.2. The predicted molar refractivity (Wildman–Crippen MR) is 71.8 cm³/mol. The van der Waals surface area contributed by atoms with E-state index in [1.165, 1.54) is 0 Å². The maximum atomic E-state index is 9.51. The van der Waals surface area contributed by atoms with Crippen molar-refractivity contribution >= 4 is 18.1 Å². The molecule has 90 valence electrons. The Morgan fingerprint density at radius 1 is 1.00 bits per heavy atom. The fourth-order valence-corrected chi connectivity index (χ4v) is 1.51. The molecular weight excluding hydrogens is 238 g/mol. The van der Waals surface area contributed by atoms with Gasteiger partial charge in [-0.3, -0.25) is 0 Å². The minimum atomic E-state index is 0. The lowest BCUT2D eigenvalue weighted by molar-refractivity contribution is 0.415. The fraction of sp³-hybridized carbons (Fsp3) is 0.0769. The molecule has 0 aliphatic heterocycles. The number of hydrogen-bond acceptors (Lipinski definition) is 3. The van der Waals surface area contributed by atoms with Crippen LogP contribution >= 0.6 is 12.4 Å². The summed E-state index contributed by atoms with van der Waals surface area (Å²) < 4.78 is 5.08. The van der Waals surface area contributed by atoms with Crippen molar-refractivity contribution in [2.24, 2.45) is 0 Å². The topological polar surface area (TPSA) is 55.5 Å². The molecule has 0 heterocycles. The van der Waals surface area contributed by atoms with Crippen molar-refractivity contribution in [2.45, 2.75) is 0 Å². The zero-order chi connectivity index (χ0) is 11.5. The van der Waals surface area contributed by atoms with Crippen molar-refractivity contribution in [3.8, 4) is 22.6 Å². The Kier molecular flexibility index (Phi) is 4.24. The van der Waals surface area contributed by atoms with Gasteiger partial charge in [0.2, 0.25) is 0 Å². The van der Waals surface area contributed by atoms with Crippen LogP contribution in [0.5, 0.6) is 11.5 Å². The first-order chi connectivity index (χ1) is 7.70. The van der Waals surface area contributed by atoms with Crippen molar-refractivity contribution < 1.29 is 9.84 Å². The molecule has 17 heavy (non-hydrogen) atoms. The molecule has 0 saturated heterocycles. The molecule has 0 unspecified atom stereocenters. The summed E-state index contributed by atoms with van der Waals surface area (Å²) in [6.45, 7) is 0. The predicted octanol–water partition coefficient (Wildman–Crippen LogP) is 3.07. The molecule has 0 amide bonds. The summed E-state index contributed by atoms with van der Waals surface area (Å²) in [5, 5.41) is 9.51. The van der Waals surface area contributed by atoms with E-state index < -0.39 is 0 Å². The molecule has 3 nitrogen and oxygen atoms in total. The Morgan fingerprint density at radius 3 is 2.12 bits per heavy atom.